The average molecular weight is 389 g/mol. The Morgan fingerprint density at radius 1 is 1.14 bits per heavy atom. The third kappa shape index (κ3) is 2.90. The lowest BCUT2D eigenvalue weighted by Crippen LogP contribution is -2.42. The minimum atomic E-state index is -0.228. The number of allylic oxidation sites excluding steroid dienone is 1. The summed E-state index contributed by atoms with van der Waals surface area (Å²) >= 11 is 0. The molecule has 0 heterocycles. The van der Waals surface area contributed by atoms with Gasteiger partial charge < -0.3 is 9.84 Å². The minimum absolute atomic E-state index is 0.228. The maximum absolute atomic E-state index is 13.4. The molecule has 0 spiro atoms. The van der Waals surface area contributed by atoms with E-state index < -0.39 is 0 Å². The lowest BCUT2D eigenvalue weighted by Gasteiger charge is -2.48. The molecule has 0 aliphatic heterocycles. The Labute approximate surface area is 172 Å². The van der Waals surface area contributed by atoms with Crippen molar-refractivity contribution in [3.05, 3.63) is 64.7 Å². The molecule has 150 valence electrons. The van der Waals surface area contributed by atoms with Gasteiger partial charge in [0, 0.05) is 5.41 Å². The van der Waals surface area contributed by atoms with Gasteiger partial charge in [-0.25, -0.2) is 0 Å². The molecule has 3 aliphatic carbocycles. The molecule has 2 saturated carbocycles. The minimum Gasteiger partial charge on any atom is -0.508 e. The van der Waals surface area contributed by atoms with Gasteiger partial charge in [0.05, 0.1) is 7.11 Å². The van der Waals surface area contributed by atoms with Crippen LogP contribution < -0.4 is 4.74 Å². The fraction of sp³-hybridized carbons (Fsp3) is 0.423. The van der Waals surface area contributed by atoms with E-state index in [9.17, 15) is 9.90 Å². The van der Waals surface area contributed by atoms with Gasteiger partial charge in [0.1, 0.15) is 11.5 Å². The van der Waals surface area contributed by atoms with Crippen LogP contribution in [0.1, 0.15) is 55.2 Å². The lowest BCUT2D eigenvalue weighted by molar-refractivity contribution is -0.127. The van der Waals surface area contributed by atoms with Crippen LogP contribution in [-0.4, -0.2) is 18.0 Å². The van der Waals surface area contributed by atoms with Gasteiger partial charge in [0.2, 0.25) is 0 Å². The molecule has 2 aromatic carbocycles. The summed E-state index contributed by atoms with van der Waals surface area (Å²) in [5, 5.41) is 9.86. The molecule has 2 fully saturated rings. The first-order valence-electron chi connectivity index (χ1n) is 10.7. The van der Waals surface area contributed by atoms with E-state index in [0.717, 1.165) is 49.0 Å². The summed E-state index contributed by atoms with van der Waals surface area (Å²) in [6, 6.07) is 13.8. The number of rotatable bonds is 2. The largest absolute Gasteiger partial charge is 0.508 e. The van der Waals surface area contributed by atoms with Gasteiger partial charge in [-0.1, -0.05) is 25.1 Å². The van der Waals surface area contributed by atoms with Crippen LogP contribution in [0.4, 0.5) is 0 Å². The fourth-order valence-corrected chi connectivity index (χ4v) is 6.27. The zero-order valence-corrected chi connectivity index (χ0v) is 17.2. The molecule has 0 aromatic heterocycles. The summed E-state index contributed by atoms with van der Waals surface area (Å²) in [6.45, 7) is 2.21. The van der Waals surface area contributed by atoms with E-state index in [1.165, 1.54) is 11.1 Å². The predicted octanol–water partition coefficient (Wildman–Crippen LogP) is 5.52. The average Bonchev–Trinajstić information content (AvgIpc) is 2.99. The first kappa shape index (κ1) is 18.5. The molecule has 1 N–H and O–H groups in total. The van der Waals surface area contributed by atoms with E-state index in [4.69, 9.17) is 4.74 Å². The molecule has 0 bridgehead atoms. The number of hydrogen-bond donors (Lipinski definition) is 1. The van der Waals surface area contributed by atoms with Crippen molar-refractivity contribution in [1.82, 2.24) is 0 Å². The number of phenols is 1. The van der Waals surface area contributed by atoms with E-state index in [1.54, 1.807) is 7.11 Å². The number of phenolic OH excluding ortho intramolecular Hbond substituents is 1. The number of fused-ring (bicyclic) bond motifs is 5. The smallest absolute Gasteiger partial charge is 0.165 e. The number of aryl methyl sites for hydroxylation is 1. The number of carbonyl (C=O) groups is 1. The van der Waals surface area contributed by atoms with Crippen molar-refractivity contribution in [1.29, 1.82) is 0 Å². The Kier molecular flexibility index (Phi) is 4.31. The Bertz CT molecular complexity index is 988. The van der Waals surface area contributed by atoms with Crippen molar-refractivity contribution < 1.29 is 14.6 Å². The molecule has 3 nitrogen and oxygen atoms in total. The van der Waals surface area contributed by atoms with Gasteiger partial charge in [-0.2, -0.15) is 0 Å². The predicted molar refractivity (Wildman–Crippen MR) is 114 cm³/mol. The fourth-order valence-electron chi connectivity index (χ4n) is 6.27. The summed E-state index contributed by atoms with van der Waals surface area (Å²) in [7, 11) is 1.67. The second-order valence-corrected chi connectivity index (χ2v) is 9.23. The van der Waals surface area contributed by atoms with Gasteiger partial charge in [-0.15, -0.1) is 0 Å². The number of aromatic hydroxyl groups is 1. The highest BCUT2D eigenvalue weighted by Gasteiger charge is 2.56. The van der Waals surface area contributed by atoms with Crippen molar-refractivity contribution in [2.45, 2.75) is 44.9 Å². The SMILES string of the molecule is COc1ccc(C=C2CC3C4CCc5cc(O)ccc5C4CCC3(C)C2=O)cc1. The van der Waals surface area contributed by atoms with Gasteiger partial charge in [-0.05, 0) is 102 Å². The highest BCUT2D eigenvalue weighted by atomic mass is 16.5. The molecule has 4 atom stereocenters. The topological polar surface area (TPSA) is 46.5 Å². The van der Waals surface area contributed by atoms with Crippen molar-refractivity contribution in [2.24, 2.45) is 17.3 Å². The number of ketones is 1. The second kappa shape index (κ2) is 6.76. The standard InChI is InChI=1S/C26H28O3/c1-26-12-11-22-21-10-6-19(27)14-17(21)5-9-23(22)24(26)15-18(25(26)28)13-16-3-7-20(29-2)8-4-16/h3-4,6-8,10,13-14,22-24,27H,5,9,11-12,15H2,1-2H3. The molecular weight excluding hydrogens is 360 g/mol. The molecule has 0 radical (unpaired) electrons. The molecule has 5 rings (SSSR count). The summed E-state index contributed by atoms with van der Waals surface area (Å²) < 4.78 is 5.25. The highest BCUT2D eigenvalue weighted by Crippen LogP contribution is 2.60. The highest BCUT2D eigenvalue weighted by molar-refractivity contribution is 6.06. The summed E-state index contributed by atoms with van der Waals surface area (Å²) in [6.07, 6.45) is 7.12. The van der Waals surface area contributed by atoms with Crippen LogP contribution >= 0.6 is 0 Å². The van der Waals surface area contributed by atoms with E-state index in [-0.39, 0.29) is 5.41 Å². The molecule has 3 aliphatic rings. The molecule has 0 saturated heterocycles. The molecule has 29 heavy (non-hydrogen) atoms. The Balaban J connectivity index is 1.46. The zero-order valence-electron chi connectivity index (χ0n) is 17.2. The van der Waals surface area contributed by atoms with E-state index in [1.807, 2.05) is 36.4 Å². The Morgan fingerprint density at radius 2 is 1.93 bits per heavy atom. The lowest BCUT2D eigenvalue weighted by atomic mass is 9.55. The van der Waals surface area contributed by atoms with E-state index in [2.05, 4.69) is 19.1 Å². The summed E-state index contributed by atoms with van der Waals surface area (Å²) in [4.78, 5) is 13.4. The van der Waals surface area contributed by atoms with Crippen LogP contribution in [0.3, 0.4) is 0 Å². The number of ether oxygens (including phenoxy) is 1. The van der Waals surface area contributed by atoms with Crippen LogP contribution in [0.5, 0.6) is 11.5 Å². The number of Topliss-reactive ketones (excluding diaryl/α,β-unsaturated/α-hetero) is 1. The van der Waals surface area contributed by atoms with E-state index in [0.29, 0.717) is 29.3 Å². The summed E-state index contributed by atoms with van der Waals surface area (Å²) in [5.74, 6) is 3.04. The maximum atomic E-state index is 13.4. The van der Waals surface area contributed by atoms with Crippen LogP contribution in [0.2, 0.25) is 0 Å². The van der Waals surface area contributed by atoms with Crippen LogP contribution in [0.15, 0.2) is 48.0 Å². The molecule has 4 unspecified atom stereocenters. The molecule has 3 heteroatoms. The van der Waals surface area contributed by atoms with Gasteiger partial charge in [-0.3, -0.25) is 4.79 Å². The number of benzene rings is 2. The Morgan fingerprint density at radius 3 is 2.69 bits per heavy atom. The van der Waals surface area contributed by atoms with Crippen molar-refractivity contribution in [3.8, 4) is 11.5 Å². The van der Waals surface area contributed by atoms with E-state index >= 15 is 0 Å². The molecular formula is C26H28O3. The number of methoxy groups -OCH3 is 1. The number of carbonyl (C=O) groups excluding carboxylic acids is 1. The van der Waals surface area contributed by atoms with Crippen molar-refractivity contribution in [3.63, 3.8) is 0 Å². The van der Waals surface area contributed by atoms with Gasteiger partial charge >= 0.3 is 0 Å². The summed E-state index contributed by atoms with van der Waals surface area (Å²) in [5.41, 5.74) is 4.53. The van der Waals surface area contributed by atoms with Crippen molar-refractivity contribution in [2.75, 3.05) is 7.11 Å². The quantitative estimate of drug-likeness (QED) is 0.689. The Hall–Kier alpha value is -2.55. The monoisotopic (exact) mass is 388 g/mol. The number of hydrogen-bond acceptors (Lipinski definition) is 3. The second-order valence-electron chi connectivity index (χ2n) is 9.23. The van der Waals surface area contributed by atoms with Gasteiger partial charge in [0.25, 0.3) is 0 Å². The zero-order chi connectivity index (χ0) is 20.2. The molecule has 0 amide bonds. The first-order valence-corrected chi connectivity index (χ1v) is 10.7. The first-order chi connectivity index (χ1) is 14.0. The third-order valence-electron chi connectivity index (χ3n) is 7.81. The van der Waals surface area contributed by atoms with Crippen LogP contribution in [0, 0.1) is 17.3 Å². The normalized spacial score (nSPS) is 31.9. The maximum Gasteiger partial charge on any atom is 0.165 e. The van der Waals surface area contributed by atoms with Crippen LogP contribution in [-0.2, 0) is 11.2 Å². The van der Waals surface area contributed by atoms with Crippen LogP contribution in [0.25, 0.3) is 6.08 Å². The third-order valence-corrected chi connectivity index (χ3v) is 7.81. The van der Waals surface area contributed by atoms with Gasteiger partial charge in [0.15, 0.2) is 5.78 Å². The molecule has 2 aromatic rings. The van der Waals surface area contributed by atoms with Crippen molar-refractivity contribution >= 4 is 11.9 Å².